The highest BCUT2D eigenvalue weighted by Crippen LogP contribution is 2.47. The normalized spacial score (nSPS) is 23.4. The third-order valence-electron chi connectivity index (χ3n) is 3.40. The number of hydrogen-bond donors (Lipinski definition) is 1. The van der Waals surface area contributed by atoms with Gasteiger partial charge in [0.25, 0.3) is 0 Å². The number of ether oxygens (including phenoxy) is 1. The summed E-state index contributed by atoms with van der Waals surface area (Å²) in [6.45, 7) is 5.11. The van der Waals surface area contributed by atoms with Crippen molar-refractivity contribution in [2.45, 2.75) is 19.3 Å². The first-order valence-corrected chi connectivity index (χ1v) is 6.08. The van der Waals surface area contributed by atoms with Crippen LogP contribution in [0.2, 0.25) is 0 Å². The third-order valence-corrected chi connectivity index (χ3v) is 3.40. The smallest absolute Gasteiger partial charge is 0.0587 e. The van der Waals surface area contributed by atoms with Gasteiger partial charge in [0.2, 0.25) is 0 Å². The lowest BCUT2D eigenvalue weighted by Gasteiger charge is -2.05. The Labute approximate surface area is 98.0 Å². The van der Waals surface area contributed by atoms with Crippen molar-refractivity contribution in [1.29, 1.82) is 0 Å². The van der Waals surface area contributed by atoms with E-state index in [-0.39, 0.29) is 0 Å². The van der Waals surface area contributed by atoms with Gasteiger partial charge in [0.05, 0.1) is 6.61 Å². The molecule has 0 spiro atoms. The molecule has 1 N–H and O–H groups in total. The van der Waals surface area contributed by atoms with E-state index in [1.807, 2.05) is 0 Å². The molecular formula is C14H21NO. The maximum atomic E-state index is 5.01. The molecule has 0 amide bonds. The summed E-state index contributed by atoms with van der Waals surface area (Å²) in [5, 5.41) is 3.44. The zero-order valence-corrected chi connectivity index (χ0v) is 10.2. The fourth-order valence-electron chi connectivity index (χ4n) is 2.32. The van der Waals surface area contributed by atoms with Crippen LogP contribution >= 0.6 is 0 Å². The van der Waals surface area contributed by atoms with Gasteiger partial charge in [-0.25, -0.2) is 0 Å². The van der Waals surface area contributed by atoms with E-state index < -0.39 is 0 Å². The van der Waals surface area contributed by atoms with Gasteiger partial charge in [0, 0.05) is 13.7 Å². The van der Waals surface area contributed by atoms with Crippen LogP contribution in [-0.2, 0) is 4.74 Å². The van der Waals surface area contributed by atoms with E-state index in [4.69, 9.17) is 4.74 Å². The molecule has 1 saturated carbocycles. The summed E-state index contributed by atoms with van der Waals surface area (Å²) in [7, 11) is 1.74. The molecule has 88 valence electrons. The Kier molecular flexibility index (Phi) is 3.97. The molecule has 0 aromatic heterocycles. The van der Waals surface area contributed by atoms with Crippen LogP contribution in [0.4, 0.5) is 0 Å². The lowest BCUT2D eigenvalue weighted by atomic mass is 10.0. The summed E-state index contributed by atoms with van der Waals surface area (Å²) in [6, 6.07) is 8.75. The molecule has 1 aliphatic carbocycles. The largest absolute Gasteiger partial charge is 0.383 e. The first kappa shape index (κ1) is 11.6. The molecule has 0 aliphatic heterocycles. The van der Waals surface area contributed by atoms with Crippen LogP contribution in [0.5, 0.6) is 0 Å². The predicted octanol–water partition coefficient (Wildman–Crippen LogP) is 2.33. The summed E-state index contributed by atoms with van der Waals surface area (Å²) < 4.78 is 5.01. The summed E-state index contributed by atoms with van der Waals surface area (Å²) in [4.78, 5) is 0. The minimum Gasteiger partial charge on any atom is -0.383 e. The first-order chi connectivity index (χ1) is 7.83. The highest BCUT2D eigenvalue weighted by atomic mass is 16.5. The van der Waals surface area contributed by atoms with Crippen molar-refractivity contribution in [2.24, 2.45) is 5.92 Å². The minimum absolute atomic E-state index is 0.788. The van der Waals surface area contributed by atoms with Gasteiger partial charge in [0.1, 0.15) is 0 Å². The molecule has 1 aromatic rings. The SMILES string of the molecule is COCCNCC1CC1c1ccccc1C. The summed E-state index contributed by atoms with van der Waals surface area (Å²) in [5.74, 6) is 1.62. The molecule has 0 bridgehead atoms. The lowest BCUT2D eigenvalue weighted by molar-refractivity contribution is 0.199. The zero-order chi connectivity index (χ0) is 11.4. The van der Waals surface area contributed by atoms with Crippen molar-refractivity contribution in [3.63, 3.8) is 0 Å². The quantitative estimate of drug-likeness (QED) is 0.741. The van der Waals surface area contributed by atoms with E-state index in [1.165, 1.54) is 12.0 Å². The second-order valence-corrected chi connectivity index (χ2v) is 4.66. The number of rotatable bonds is 6. The standard InChI is InChI=1S/C14H21NO/c1-11-5-3-4-6-13(11)14-9-12(14)10-15-7-8-16-2/h3-6,12,14-15H,7-10H2,1-2H3. The van der Waals surface area contributed by atoms with E-state index in [9.17, 15) is 0 Å². The summed E-state index contributed by atoms with van der Waals surface area (Å²) in [6.07, 6.45) is 1.34. The van der Waals surface area contributed by atoms with Gasteiger partial charge in [-0.1, -0.05) is 24.3 Å². The Hall–Kier alpha value is -0.860. The van der Waals surface area contributed by atoms with Crippen molar-refractivity contribution in [3.05, 3.63) is 35.4 Å². The molecule has 1 aliphatic rings. The summed E-state index contributed by atoms with van der Waals surface area (Å²) >= 11 is 0. The van der Waals surface area contributed by atoms with Gasteiger partial charge in [-0.3, -0.25) is 0 Å². The van der Waals surface area contributed by atoms with Crippen LogP contribution in [0.15, 0.2) is 24.3 Å². The average Bonchev–Trinajstić information content (AvgIpc) is 3.05. The molecule has 2 atom stereocenters. The second-order valence-electron chi connectivity index (χ2n) is 4.66. The number of benzene rings is 1. The molecule has 2 rings (SSSR count). The van der Waals surface area contributed by atoms with Crippen molar-refractivity contribution < 1.29 is 4.74 Å². The molecular weight excluding hydrogens is 198 g/mol. The van der Waals surface area contributed by atoms with E-state index >= 15 is 0 Å². The van der Waals surface area contributed by atoms with Crippen molar-refractivity contribution >= 4 is 0 Å². The molecule has 0 radical (unpaired) electrons. The Morgan fingerprint density at radius 3 is 2.94 bits per heavy atom. The first-order valence-electron chi connectivity index (χ1n) is 6.08. The van der Waals surface area contributed by atoms with Crippen LogP contribution in [0.3, 0.4) is 0 Å². The van der Waals surface area contributed by atoms with Crippen molar-refractivity contribution in [3.8, 4) is 0 Å². The number of hydrogen-bond acceptors (Lipinski definition) is 2. The molecule has 2 nitrogen and oxygen atoms in total. The van der Waals surface area contributed by atoms with Gasteiger partial charge in [-0.2, -0.15) is 0 Å². The molecule has 1 fully saturated rings. The predicted molar refractivity (Wildman–Crippen MR) is 66.8 cm³/mol. The number of methoxy groups -OCH3 is 1. The third kappa shape index (κ3) is 2.83. The van der Waals surface area contributed by atoms with Gasteiger partial charge in [0.15, 0.2) is 0 Å². The Morgan fingerprint density at radius 1 is 1.38 bits per heavy atom. The molecule has 1 aromatic carbocycles. The highest BCUT2D eigenvalue weighted by molar-refractivity contribution is 5.33. The molecule has 2 heteroatoms. The molecule has 0 heterocycles. The van der Waals surface area contributed by atoms with Gasteiger partial charge < -0.3 is 10.1 Å². The van der Waals surface area contributed by atoms with Crippen LogP contribution in [0.1, 0.15) is 23.5 Å². The van der Waals surface area contributed by atoms with Crippen LogP contribution in [-0.4, -0.2) is 26.8 Å². The molecule has 2 unspecified atom stereocenters. The van der Waals surface area contributed by atoms with E-state index in [0.29, 0.717) is 0 Å². The highest BCUT2D eigenvalue weighted by Gasteiger charge is 2.38. The summed E-state index contributed by atoms with van der Waals surface area (Å²) in [5.41, 5.74) is 2.98. The van der Waals surface area contributed by atoms with Crippen molar-refractivity contribution in [1.82, 2.24) is 5.32 Å². The van der Waals surface area contributed by atoms with Gasteiger partial charge in [-0.05, 0) is 42.9 Å². The molecule has 0 saturated heterocycles. The van der Waals surface area contributed by atoms with Crippen LogP contribution < -0.4 is 5.32 Å². The topological polar surface area (TPSA) is 21.3 Å². The van der Waals surface area contributed by atoms with Crippen LogP contribution in [0, 0.1) is 12.8 Å². The lowest BCUT2D eigenvalue weighted by Crippen LogP contribution is -2.21. The number of aryl methyl sites for hydroxylation is 1. The monoisotopic (exact) mass is 219 g/mol. The van der Waals surface area contributed by atoms with Gasteiger partial charge >= 0.3 is 0 Å². The Morgan fingerprint density at radius 2 is 2.19 bits per heavy atom. The van der Waals surface area contributed by atoms with E-state index in [2.05, 4.69) is 36.5 Å². The Bertz CT molecular complexity index is 337. The minimum atomic E-state index is 0.788. The van der Waals surface area contributed by atoms with Gasteiger partial charge in [-0.15, -0.1) is 0 Å². The maximum absolute atomic E-state index is 5.01. The van der Waals surface area contributed by atoms with Crippen LogP contribution in [0.25, 0.3) is 0 Å². The van der Waals surface area contributed by atoms with Crippen molar-refractivity contribution in [2.75, 3.05) is 26.8 Å². The van der Waals surface area contributed by atoms with E-state index in [0.717, 1.165) is 31.5 Å². The zero-order valence-electron chi connectivity index (χ0n) is 10.2. The Balaban J connectivity index is 1.76. The maximum Gasteiger partial charge on any atom is 0.0587 e. The average molecular weight is 219 g/mol. The second kappa shape index (κ2) is 5.46. The van der Waals surface area contributed by atoms with E-state index in [1.54, 1.807) is 12.7 Å². The fourth-order valence-corrected chi connectivity index (χ4v) is 2.32. The molecule has 16 heavy (non-hydrogen) atoms. The number of nitrogens with one attached hydrogen (secondary N) is 1. The fraction of sp³-hybridized carbons (Fsp3) is 0.571.